The first kappa shape index (κ1) is 18.5. The summed E-state index contributed by atoms with van der Waals surface area (Å²) in [7, 11) is 0. The van der Waals surface area contributed by atoms with Crippen molar-refractivity contribution in [2.75, 3.05) is 13.1 Å². The monoisotopic (exact) mass is 396 g/mol. The molecule has 1 saturated heterocycles. The van der Waals surface area contributed by atoms with Crippen molar-refractivity contribution in [1.82, 2.24) is 19.6 Å². The van der Waals surface area contributed by atoms with Crippen molar-refractivity contribution in [3.05, 3.63) is 35.3 Å². The van der Waals surface area contributed by atoms with E-state index in [1.165, 1.54) is 12.8 Å². The lowest BCUT2D eigenvalue weighted by molar-refractivity contribution is 0.0513. The van der Waals surface area contributed by atoms with Crippen LogP contribution in [0.5, 0.6) is 0 Å². The molecule has 154 valence electrons. The van der Waals surface area contributed by atoms with Gasteiger partial charge in [0.25, 0.3) is 5.91 Å². The minimum absolute atomic E-state index is 0.0555. The highest BCUT2D eigenvalue weighted by Gasteiger charge is 2.57. The molecule has 2 aliphatic carbocycles. The van der Waals surface area contributed by atoms with Gasteiger partial charge in [0.2, 0.25) is 0 Å². The summed E-state index contributed by atoms with van der Waals surface area (Å²) in [6.07, 6.45) is 6.03. The number of fused-ring (bicyclic) bond motifs is 2. The summed E-state index contributed by atoms with van der Waals surface area (Å²) in [5, 5.41) is 2.95. The van der Waals surface area contributed by atoms with Crippen LogP contribution >= 0.6 is 0 Å². The van der Waals surface area contributed by atoms with Gasteiger partial charge in [0.1, 0.15) is 11.2 Å². The Morgan fingerprint density at radius 1 is 1.17 bits per heavy atom. The number of nitrogens with zero attached hydrogens (tertiary/aromatic N) is 3. The first-order valence-corrected chi connectivity index (χ1v) is 10.5. The molecule has 0 aromatic carbocycles. The zero-order valence-electron chi connectivity index (χ0n) is 17.4. The molecule has 7 nitrogen and oxygen atoms in total. The predicted molar refractivity (Wildman–Crippen MR) is 108 cm³/mol. The van der Waals surface area contributed by atoms with E-state index in [9.17, 15) is 9.59 Å². The molecular weight excluding hydrogens is 368 g/mol. The molecule has 3 heterocycles. The smallest absolute Gasteiger partial charge is 0.407 e. The molecule has 7 heteroatoms. The normalized spacial score (nSPS) is 25.8. The van der Waals surface area contributed by atoms with E-state index in [0.29, 0.717) is 36.4 Å². The Bertz CT molecular complexity index is 989. The molecule has 3 aliphatic rings. The Morgan fingerprint density at radius 3 is 2.48 bits per heavy atom. The number of aryl methyl sites for hydroxylation is 1. The number of alkyl carbamates (subject to hydrolysis) is 1. The highest BCUT2D eigenvalue weighted by atomic mass is 16.6. The second kappa shape index (κ2) is 6.21. The van der Waals surface area contributed by atoms with Crippen LogP contribution in [-0.2, 0) is 4.74 Å². The van der Waals surface area contributed by atoms with Crippen molar-refractivity contribution in [2.24, 2.45) is 11.8 Å². The molecule has 3 atom stereocenters. The number of nitrogens with one attached hydrogen (secondary N) is 1. The predicted octanol–water partition coefficient (Wildman–Crippen LogP) is 3.12. The lowest BCUT2D eigenvalue weighted by Crippen LogP contribution is -2.39. The van der Waals surface area contributed by atoms with Gasteiger partial charge in [-0.05, 0) is 52.2 Å². The van der Waals surface area contributed by atoms with Gasteiger partial charge in [0.15, 0.2) is 0 Å². The van der Waals surface area contributed by atoms with E-state index >= 15 is 0 Å². The molecule has 3 fully saturated rings. The quantitative estimate of drug-likeness (QED) is 0.865. The van der Waals surface area contributed by atoms with E-state index in [-0.39, 0.29) is 18.0 Å². The highest BCUT2D eigenvalue weighted by molar-refractivity contribution is 5.95. The lowest BCUT2D eigenvalue weighted by atomic mass is 10.2. The van der Waals surface area contributed by atoms with E-state index in [2.05, 4.69) is 11.5 Å². The SMILES string of the molecule is Cc1cc(C(=O)N2C[C@@H]3C(NC(=O)OC(C)(C)C)[C@@H]3C2)cn2cc(C3CC3)nc12. The van der Waals surface area contributed by atoms with Gasteiger partial charge in [-0.15, -0.1) is 0 Å². The number of hydrogen-bond acceptors (Lipinski definition) is 4. The van der Waals surface area contributed by atoms with E-state index in [0.717, 1.165) is 16.9 Å². The van der Waals surface area contributed by atoms with E-state index < -0.39 is 5.60 Å². The third-order valence-corrected chi connectivity index (χ3v) is 6.16. The summed E-state index contributed by atoms with van der Waals surface area (Å²) >= 11 is 0. The summed E-state index contributed by atoms with van der Waals surface area (Å²) in [6.45, 7) is 8.93. The molecule has 2 saturated carbocycles. The number of carbonyl (C=O) groups is 2. The minimum Gasteiger partial charge on any atom is -0.444 e. The maximum Gasteiger partial charge on any atom is 0.407 e. The molecule has 2 amide bonds. The summed E-state index contributed by atoms with van der Waals surface area (Å²) in [5.41, 5.74) is 3.30. The van der Waals surface area contributed by atoms with Crippen LogP contribution in [-0.4, -0.2) is 51.0 Å². The van der Waals surface area contributed by atoms with Gasteiger partial charge in [-0.25, -0.2) is 9.78 Å². The van der Waals surface area contributed by atoms with Crippen LogP contribution < -0.4 is 5.32 Å². The zero-order chi connectivity index (χ0) is 20.5. The maximum atomic E-state index is 13.1. The Labute approximate surface area is 170 Å². The topological polar surface area (TPSA) is 75.9 Å². The average molecular weight is 396 g/mol. The van der Waals surface area contributed by atoms with Crippen LogP contribution in [0.25, 0.3) is 5.65 Å². The van der Waals surface area contributed by atoms with Crippen molar-refractivity contribution in [2.45, 2.75) is 58.1 Å². The standard InChI is InChI=1S/C22H28N4O3/c1-12-7-14(8-25-11-17(13-5-6-13)23-19(12)25)20(27)26-9-15-16(10-26)18(15)24-21(28)29-22(2,3)4/h7-8,11,13,15-16,18H,5-6,9-10H2,1-4H3,(H,24,28)/t15-,16+,18?. The Kier molecular flexibility index (Phi) is 3.95. The number of aromatic nitrogens is 2. The fraction of sp³-hybridized carbons (Fsp3) is 0.591. The van der Waals surface area contributed by atoms with Gasteiger partial charge in [-0.2, -0.15) is 0 Å². The van der Waals surface area contributed by atoms with Gasteiger partial charge in [0.05, 0.1) is 11.3 Å². The molecule has 1 aliphatic heterocycles. The molecule has 2 aromatic heterocycles. The summed E-state index contributed by atoms with van der Waals surface area (Å²) in [5.74, 6) is 1.30. The minimum atomic E-state index is -0.501. The van der Waals surface area contributed by atoms with Crippen molar-refractivity contribution in [3.8, 4) is 0 Å². The van der Waals surface area contributed by atoms with E-state index in [4.69, 9.17) is 9.72 Å². The molecular formula is C22H28N4O3. The molecule has 1 N–H and O–H groups in total. The fourth-order valence-corrected chi connectivity index (χ4v) is 4.51. The number of amides is 2. The Hall–Kier alpha value is -2.57. The lowest BCUT2D eigenvalue weighted by Gasteiger charge is -2.22. The van der Waals surface area contributed by atoms with Gasteiger partial charge < -0.3 is 19.4 Å². The summed E-state index contributed by atoms with van der Waals surface area (Å²) < 4.78 is 7.34. The van der Waals surface area contributed by atoms with Crippen LogP contribution in [0.4, 0.5) is 4.79 Å². The molecule has 5 rings (SSSR count). The van der Waals surface area contributed by atoms with Crippen LogP contribution in [0.1, 0.15) is 61.1 Å². The first-order chi connectivity index (χ1) is 13.7. The number of hydrogen-bond donors (Lipinski definition) is 1. The van der Waals surface area contributed by atoms with Crippen LogP contribution in [0, 0.1) is 18.8 Å². The number of ether oxygens (including phenoxy) is 1. The van der Waals surface area contributed by atoms with Crippen LogP contribution in [0.3, 0.4) is 0 Å². The first-order valence-electron chi connectivity index (χ1n) is 10.5. The molecule has 1 unspecified atom stereocenters. The number of pyridine rings is 1. The Balaban J connectivity index is 1.23. The van der Waals surface area contributed by atoms with E-state index in [1.807, 2.05) is 49.3 Å². The average Bonchev–Trinajstić information content (AvgIpc) is 3.46. The zero-order valence-corrected chi connectivity index (χ0v) is 17.4. The van der Waals surface area contributed by atoms with Crippen molar-refractivity contribution in [3.63, 3.8) is 0 Å². The van der Waals surface area contributed by atoms with Crippen LogP contribution in [0.2, 0.25) is 0 Å². The number of carbonyl (C=O) groups excluding carboxylic acids is 2. The van der Waals surface area contributed by atoms with Crippen LogP contribution in [0.15, 0.2) is 18.5 Å². The van der Waals surface area contributed by atoms with Gasteiger partial charge in [-0.3, -0.25) is 4.79 Å². The number of rotatable bonds is 3. The fourth-order valence-electron chi connectivity index (χ4n) is 4.51. The second-order valence-electron chi connectivity index (χ2n) is 9.79. The largest absolute Gasteiger partial charge is 0.444 e. The van der Waals surface area contributed by atoms with Gasteiger partial charge in [-0.1, -0.05) is 0 Å². The molecule has 29 heavy (non-hydrogen) atoms. The summed E-state index contributed by atoms with van der Waals surface area (Å²) in [4.78, 5) is 31.7. The molecule has 2 aromatic rings. The molecule has 0 bridgehead atoms. The third-order valence-electron chi connectivity index (χ3n) is 6.16. The van der Waals surface area contributed by atoms with Gasteiger partial charge >= 0.3 is 6.09 Å². The maximum absolute atomic E-state index is 13.1. The highest BCUT2D eigenvalue weighted by Crippen LogP contribution is 2.46. The molecule has 0 spiro atoms. The van der Waals surface area contributed by atoms with Gasteiger partial charge in [0, 0.05) is 49.3 Å². The molecule has 0 radical (unpaired) electrons. The second-order valence-corrected chi connectivity index (χ2v) is 9.79. The number of piperidine rings is 1. The third kappa shape index (κ3) is 3.47. The number of likely N-dealkylation sites (tertiary alicyclic amines) is 1. The Morgan fingerprint density at radius 2 is 1.86 bits per heavy atom. The van der Waals surface area contributed by atoms with Crippen molar-refractivity contribution < 1.29 is 14.3 Å². The van der Waals surface area contributed by atoms with Crippen molar-refractivity contribution >= 4 is 17.6 Å². The number of imidazole rings is 1. The summed E-state index contributed by atoms with van der Waals surface area (Å²) in [6, 6.07) is 2.06. The van der Waals surface area contributed by atoms with E-state index in [1.54, 1.807) is 0 Å². The van der Waals surface area contributed by atoms with Crippen molar-refractivity contribution in [1.29, 1.82) is 0 Å².